The first-order valence-electron chi connectivity index (χ1n) is 8.74. The lowest BCUT2D eigenvalue weighted by atomic mass is 10.1. The molecule has 1 aliphatic heterocycles. The number of ether oxygens (including phenoxy) is 2. The number of nitrogens with one attached hydrogen (secondary N) is 1. The van der Waals surface area contributed by atoms with Crippen molar-refractivity contribution in [1.29, 1.82) is 0 Å². The summed E-state index contributed by atoms with van der Waals surface area (Å²) in [7, 11) is 0. The molecule has 0 saturated carbocycles. The van der Waals surface area contributed by atoms with Gasteiger partial charge in [0.25, 0.3) is 5.91 Å². The number of nitrogens with zero attached hydrogens (tertiary/aromatic N) is 3. The van der Waals surface area contributed by atoms with Gasteiger partial charge in [0.1, 0.15) is 18.1 Å². The van der Waals surface area contributed by atoms with Crippen molar-refractivity contribution in [2.24, 2.45) is 0 Å². The Hall–Kier alpha value is -2.41. The molecule has 134 valence electrons. The fraction of sp³-hybridized carbons (Fsp3) is 0.500. The van der Waals surface area contributed by atoms with Gasteiger partial charge in [0.15, 0.2) is 0 Å². The summed E-state index contributed by atoms with van der Waals surface area (Å²) in [6, 6.07) is 7.42. The molecule has 1 aromatic carbocycles. The number of rotatable bonds is 6. The molecular weight excluding hydrogens is 320 g/mol. The van der Waals surface area contributed by atoms with Gasteiger partial charge < -0.3 is 14.8 Å². The Bertz CT molecular complexity index is 723. The van der Waals surface area contributed by atoms with E-state index >= 15 is 0 Å². The van der Waals surface area contributed by atoms with Crippen LogP contribution in [0.5, 0.6) is 5.75 Å². The van der Waals surface area contributed by atoms with Gasteiger partial charge in [-0.2, -0.15) is 0 Å². The maximum absolute atomic E-state index is 12.6. The van der Waals surface area contributed by atoms with E-state index in [4.69, 9.17) is 9.47 Å². The normalized spacial score (nSPS) is 17.3. The van der Waals surface area contributed by atoms with Gasteiger partial charge in [-0.3, -0.25) is 4.79 Å². The number of carbonyl (C=O) groups excluding carboxylic acids is 1. The molecule has 1 N–H and O–H groups in total. The third-order valence-corrected chi connectivity index (χ3v) is 4.25. The maximum atomic E-state index is 12.6. The van der Waals surface area contributed by atoms with Crippen LogP contribution in [0.4, 0.5) is 5.69 Å². The highest BCUT2D eigenvalue weighted by atomic mass is 16.5. The second-order valence-electron chi connectivity index (χ2n) is 6.09. The average Bonchev–Trinajstić information content (AvgIpc) is 3.02. The summed E-state index contributed by atoms with van der Waals surface area (Å²) in [6.45, 7) is 5.56. The molecule has 0 spiro atoms. The van der Waals surface area contributed by atoms with Crippen LogP contribution in [0, 0.1) is 6.92 Å². The lowest BCUT2D eigenvalue weighted by molar-refractivity contribution is -0.0109. The number of aryl methyl sites for hydroxylation is 2. The number of para-hydroxylation sites is 2. The highest BCUT2D eigenvalue weighted by Gasteiger charge is 2.19. The molecule has 0 bridgehead atoms. The van der Waals surface area contributed by atoms with Gasteiger partial charge in [-0.05, 0) is 45.2 Å². The van der Waals surface area contributed by atoms with Crippen molar-refractivity contribution in [2.45, 2.75) is 45.8 Å². The second-order valence-corrected chi connectivity index (χ2v) is 6.09. The number of carbonyl (C=O) groups is 1. The van der Waals surface area contributed by atoms with Crippen molar-refractivity contribution >= 4 is 11.6 Å². The highest BCUT2D eigenvalue weighted by molar-refractivity contribution is 6.04. The predicted octanol–water partition coefficient (Wildman–Crippen LogP) is 2.81. The van der Waals surface area contributed by atoms with Crippen molar-refractivity contribution in [3.63, 3.8) is 0 Å². The molecule has 1 amide bonds. The molecule has 7 heteroatoms. The number of anilines is 1. The van der Waals surface area contributed by atoms with Crippen LogP contribution < -0.4 is 10.1 Å². The Morgan fingerprint density at radius 3 is 3.00 bits per heavy atom. The molecule has 1 unspecified atom stereocenters. The first-order chi connectivity index (χ1) is 12.2. The lowest BCUT2D eigenvalue weighted by Gasteiger charge is -2.23. The van der Waals surface area contributed by atoms with Crippen molar-refractivity contribution in [3.05, 3.63) is 35.7 Å². The Labute approximate surface area is 147 Å². The van der Waals surface area contributed by atoms with E-state index in [2.05, 4.69) is 15.6 Å². The Morgan fingerprint density at radius 2 is 2.24 bits per heavy atom. The van der Waals surface area contributed by atoms with Crippen molar-refractivity contribution < 1.29 is 14.3 Å². The van der Waals surface area contributed by atoms with Gasteiger partial charge in [0.2, 0.25) is 0 Å². The van der Waals surface area contributed by atoms with Crippen molar-refractivity contribution in [2.75, 3.05) is 18.5 Å². The topological polar surface area (TPSA) is 78.3 Å². The minimum Gasteiger partial charge on any atom is -0.489 e. The molecule has 1 saturated heterocycles. The first-order valence-corrected chi connectivity index (χ1v) is 8.74. The van der Waals surface area contributed by atoms with E-state index in [1.54, 1.807) is 11.6 Å². The summed E-state index contributed by atoms with van der Waals surface area (Å²) < 4.78 is 13.2. The Morgan fingerprint density at radius 1 is 1.40 bits per heavy atom. The number of hydrogen-bond acceptors (Lipinski definition) is 5. The van der Waals surface area contributed by atoms with E-state index in [1.807, 2.05) is 31.2 Å². The van der Waals surface area contributed by atoms with E-state index in [0.717, 1.165) is 19.4 Å². The van der Waals surface area contributed by atoms with Gasteiger partial charge in [0, 0.05) is 13.2 Å². The summed E-state index contributed by atoms with van der Waals surface area (Å²) in [4.78, 5) is 12.6. The third-order valence-electron chi connectivity index (χ3n) is 4.25. The second kappa shape index (κ2) is 8.11. The minimum atomic E-state index is -0.241. The van der Waals surface area contributed by atoms with Crippen LogP contribution in [0.2, 0.25) is 0 Å². The zero-order valence-corrected chi connectivity index (χ0v) is 14.7. The molecule has 0 aliphatic carbocycles. The lowest BCUT2D eigenvalue weighted by Crippen LogP contribution is -2.26. The average molecular weight is 344 g/mol. The molecule has 1 aliphatic rings. The summed E-state index contributed by atoms with van der Waals surface area (Å²) in [5.41, 5.74) is 1.70. The zero-order valence-electron chi connectivity index (χ0n) is 14.7. The Kier molecular flexibility index (Phi) is 5.65. The van der Waals surface area contributed by atoms with Crippen LogP contribution in [0.15, 0.2) is 24.3 Å². The summed E-state index contributed by atoms with van der Waals surface area (Å²) in [5, 5.41) is 10.9. The number of benzene rings is 1. The number of hydrogen-bond donors (Lipinski definition) is 1. The van der Waals surface area contributed by atoms with Gasteiger partial charge in [0.05, 0.1) is 17.5 Å². The number of aromatic nitrogens is 3. The van der Waals surface area contributed by atoms with Gasteiger partial charge in [-0.1, -0.05) is 17.3 Å². The van der Waals surface area contributed by atoms with Crippen molar-refractivity contribution in [1.82, 2.24) is 15.0 Å². The molecule has 25 heavy (non-hydrogen) atoms. The van der Waals surface area contributed by atoms with Crippen LogP contribution in [-0.2, 0) is 11.3 Å². The van der Waals surface area contributed by atoms with E-state index in [1.165, 1.54) is 6.42 Å². The third kappa shape index (κ3) is 4.17. The minimum absolute atomic E-state index is 0.116. The van der Waals surface area contributed by atoms with Crippen LogP contribution in [0.1, 0.15) is 42.4 Å². The molecule has 0 radical (unpaired) electrons. The smallest absolute Gasteiger partial charge is 0.275 e. The molecule has 7 nitrogen and oxygen atoms in total. The Balaban J connectivity index is 1.69. The van der Waals surface area contributed by atoms with E-state index in [-0.39, 0.29) is 12.0 Å². The number of amides is 1. The molecule has 3 rings (SSSR count). The fourth-order valence-electron chi connectivity index (χ4n) is 2.90. The van der Waals surface area contributed by atoms with E-state index < -0.39 is 0 Å². The molecular formula is C18H24N4O3. The van der Waals surface area contributed by atoms with E-state index in [9.17, 15) is 4.79 Å². The van der Waals surface area contributed by atoms with Gasteiger partial charge in [-0.25, -0.2) is 4.68 Å². The summed E-state index contributed by atoms with van der Waals surface area (Å²) in [6.07, 6.45) is 3.40. The van der Waals surface area contributed by atoms with Crippen LogP contribution >= 0.6 is 0 Å². The highest BCUT2D eigenvalue weighted by Crippen LogP contribution is 2.25. The predicted molar refractivity (Wildman–Crippen MR) is 93.9 cm³/mol. The molecule has 1 aromatic heterocycles. The standard InChI is InChI=1S/C18H24N4O3/c1-3-22-17(13(2)20-21-22)18(23)19-15-9-4-5-10-16(15)25-12-14-8-6-7-11-24-14/h4-5,9-10,14H,3,6-8,11-12H2,1-2H3,(H,19,23). The monoisotopic (exact) mass is 344 g/mol. The SMILES string of the molecule is CCn1nnc(C)c1C(=O)Nc1ccccc1OCC1CCCCO1. The zero-order chi connectivity index (χ0) is 17.6. The first kappa shape index (κ1) is 17.4. The van der Waals surface area contributed by atoms with Crippen molar-refractivity contribution in [3.8, 4) is 5.75 Å². The molecule has 1 atom stereocenters. The summed E-state index contributed by atoms with van der Waals surface area (Å²) in [5.74, 6) is 0.396. The summed E-state index contributed by atoms with van der Waals surface area (Å²) >= 11 is 0. The van der Waals surface area contributed by atoms with Crippen LogP contribution in [0.3, 0.4) is 0 Å². The molecule has 2 heterocycles. The largest absolute Gasteiger partial charge is 0.489 e. The molecule has 2 aromatic rings. The van der Waals surface area contributed by atoms with Gasteiger partial charge in [-0.15, -0.1) is 5.10 Å². The van der Waals surface area contributed by atoms with Crippen LogP contribution in [0.25, 0.3) is 0 Å². The fourth-order valence-corrected chi connectivity index (χ4v) is 2.90. The van der Waals surface area contributed by atoms with E-state index in [0.29, 0.717) is 36.0 Å². The van der Waals surface area contributed by atoms with Gasteiger partial charge >= 0.3 is 0 Å². The van der Waals surface area contributed by atoms with Crippen LogP contribution in [-0.4, -0.2) is 40.2 Å². The maximum Gasteiger partial charge on any atom is 0.275 e. The molecule has 1 fully saturated rings. The quantitative estimate of drug-likeness (QED) is 0.872.